The Morgan fingerprint density at radius 2 is 1.69 bits per heavy atom. The van der Waals surface area contributed by atoms with Crippen molar-refractivity contribution in [1.82, 2.24) is 0 Å². The number of nitrogens with two attached hydrogens (primary N) is 1. The number of aliphatic hydroxyl groups excluding tert-OH is 1. The predicted octanol–water partition coefficient (Wildman–Crippen LogP) is 1.47. The molecule has 0 spiro atoms. The van der Waals surface area contributed by atoms with Crippen molar-refractivity contribution in [2.24, 2.45) is 5.73 Å². The predicted molar refractivity (Wildman–Crippen MR) is 62.8 cm³/mol. The number of hydrogen-bond acceptors (Lipinski definition) is 4. The quantitative estimate of drug-likeness (QED) is 0.796. The molecule has 4 heteroatoms. The molecule has 90 valence electrons. The van der Waals surface area contributed by atoms with E-state index in [1.807, 2.05) is 19.1 Å². The molecule has 0 fully saturated rings. The van der Waals surface area contributed by atoms with E-state index in [1.54, 1.807) is 20.3 Å². The summed E-state index contributed by atoms with van der Waals surface area (Å²) in [6.45, 7) is 1.89. The summed E-state index contributed by atoms with van der Waals surface area (Å²) >= 11 is 0. The first-order valence-electron chi connectivity index (χ1n) is 5.29. The van der Waals surface area contributed by atoms with Crippen LogP contribution in [0.15, 0.2) is 18.2 Å². The molecule has 0 bridgehead atoms. The van der Waals surface area contributed by atoms with E-state index in [1.165, 1.54) is 0 Å². The fraction of sp³-hybridized carbons (Fsp3) is 0.500. The highest BCUT2D eigenvalue weighted by atomic mass is 16.5. The van der Waals surface area contributed by atoms with E-state index in [-0.39, 0.29) is 0 Å². The molecular weight excluding hydrogens is 206 g/mol. The average molecular weight is 225 g/mol. The minimum atomic E-state index is -0.559. The summed E-state index contributed by atoms with van der Waals surface area (Å²) in [5, 5.41) is 9.70. The Kier molecular flexibility index (Phi) is 4.58. The fourth-order valence-electron chi connectivity index (χ4n) is 1.50. The van der Waals surface area contributed by atoms with Gasteiger partial charge in [-0.05, 0) is 24.1 Å². The maximum Gasteiger partial charge on any atom is 0.122 e. The zero-order valence-corrected chi connectivity index (χ0v) is 9.93. The smallest absolute Gasteiger partial charge is 0.122 e. The first kappa shape index (κ1) is 12.8. The van der Waals surface area contributed by atoms with Gasteiger partial charge in [0.05, 0.1) is 26.4 Å². The Morgan fingerprint density at radius 3 is 2.06 bits per heavy atom. The van der Waals surface area contributed by atoms with Gasteiger partial charge in [0.2, 0.25) is 0 Å². The highest BCUT2D eigenvalue weighted by molar-refractivity contribution is 5.40. The Balaban J connectivity index is 3.02. The Bertz CT molecular complexity index is 319. The van der Waals surface area contributed by atoms with Crippen LogP contribution in [0.25, 0.3) is 0 Å². The van der Waals surface area contributed by atoms with Gasteiger partial charge in [-0.15, -0.1) is 0 Å². The van der Waals surface area contributed by atoms with Gasteiger partial charge < -0.3 is 20.3 Å². The van der Waals surface area contributed by atoms with Crippen molar-refractivity contribution in [1.29, 1.82) is 0 Å². The van der Waals surface area contributed by atoms with Crippen LogP contribution in [0, 0.1) is 0 Å². The molecular formula is C12H19NO3. The molecule has 0 aliphatic carbocycles. The maximum atomic E-state index is 9.70. The topological polar surface area (TPSA) is 64.7 Å². The van der Waals surface area contributed by atoms with Gasteiger partial charge in [0.15, 0.2) is 0 Å². The van der Waals surface area contributed by atoms with Crippen LogP contribution in [-0.2, 0) is 0 Å². The van der Waals surface area contributed by atoms with Gasteiger partial charge in [-0.2, -0.15) is 0 Å². The molecule has 1 rings (SSSR count). The molecule has 1 aromatic rings. The third kappa shape index (κ3) is 2.87. The number of rotatable bonds is 5. The molecule has 0 unspecified atom stereocenters. The highest BCUT2D eigenvalue weighted by Gasteiger charge is 2.16. The molecule has 0 aliphatic rings. The van der Waals surface area contributed by atoms with E-state index in [4.69, 9.17) is 15.2 Å². The van der Waals surface area contributed by atoms with Crippen LogP contribution in [0.2, 0.25) is 0 Å². The molecule has 0 saturated carbocycles. The number of aliphatic hydroxyl groups is 1. The molecule has 0 aromatic heterocycles. The largest absolute Gasteiger partial charge is 0.497 e. The van der Waals surface area contributed by atoms with E-state index in [9.17, 15) is 5.11 Å². The second-order valence-electron chi connectivity index (χ2n) is 3.65. The van der Waals surface area contributed by atoms with Crippen LogP contribution in [0.5, 0.6) is 11.5 Å². The molecule has 0 aliphatic heterocycles. The maximum absolute atomic E-state index is 9.70. The van der Waals surface area contributed by atoms with Gasteiger partial charge >= 0.3 is 0 Å². The summed E-state index contributed by atoms with van der Waals surface area (Å²) in [5.41, 5.74) is 6.75. The molecule has 1 aromatic carbocycles. The summed E-state index contributed by atoms with van der Waals surface area (Å²) in [6, 6.07) is 4.97. The zero-order valence-electron chi connectivity index (χ0n) is 9.93. The van der Waals surface area contributed by atoms with Crippen molar-refractivity contribution in [2.75, 3.05) is 14.2 Å². The van der Waals surface area contributed by atoms with Gasteiger partial charge in [0, 0.05) is 6.07 Å². The van der Waals surface area contributed by atoms with Gasteiger partial charge in [0.25, 0.3) is 0 Å². The van der Waals surface area contributed by atoms with Crippen LogP contribution in [-0.4, -0.2) is 25.4 Å². The van der Waals surface area contributed by atoms with Gasteiger partial charge in [-0.3, -0.25) is 0 Å². The number of methoxy groups -OCH3 is 2. The minimum Gasteiger partial charge on any atom is -0.497 e. The summed E-state index contributed by atoms with van der Waals surface area (Å²) in [4.78, 5) is 0. The number of hydrogen-bond donors (Lipinski definition) is 2. The highest BCUT2D eigenvalue weighted by Crippen LogP contribution is 2.27. The van der Waals surface area contributed by atoms with Gasteiger partial charge in [-0.1, -0.05) is 6.92 Å². The monoisotopic (exact) mass is 225 g/mol. The van der Waals surface area contributed by atoms with Crippen molar-refractivity contribution in [3.63, 3.8) is 0 Å². The van der Waals surface area contributed by atoms with Crippen LogP contribution in [0.1, 0.15) is 24.9 Å². The molecule has 0 radical (unpaired) electrons. The third-order valence-corrected chi connectivity index (χ3v) is 2.59. The molecule has 0 amide bonds. The summed E-state index contributed by atoms with van der Waals surface area (Å²) in [6.07, 6.45) is 0.0533. The van der Waals surface area contributed by atoms with Crippen molar-refractivity contribution in [3.05, 3.63) is 23.8 Å². The molecule has 3 N–H and O–H groups in total. The zero-order chi connectivity index (χ0) is 12.1. The molecule has 0 saturated heterocycles. The van der Waals surface area contributed by atoms with E-state index in [0.717, 1.165) is 5.56 Å². The van der Waals surface area contributed by atoms with Gasteiger partial charge in [-0.25, -0.2) is 0 Å². The normalized spacial score (nSPS) is 14.3. The summed E-state index contributed by atoms with van der Waals surface area (Å²) in [7, 11) is 3.17. The lowest BCUT2D eigenvalue weighted by molar-refractivity contribution is 0.140. The van der Waals surface area contributed by atoms with Crippen LogP contribution in [0.4, 0.5) is 0 Å². The first-order valence-corrected chi connectivity index (χ1v) is 5.29. The van der Waals surface area contributed by atoms with Crippen molar-refractivity contribution in [2.45, 2.75) is 25.5 Å². The number of ether oxygens (including phenoxy) is 2. The van der Waals surface area contributed by atoms with E-state index in [0.29, 0.717) is 17.9 Å². The second kappa shape index (κ2) is 5.72. The minimum absolute atomic E-state index is 0.422. The Hall–Kier alpha value is -1.26. The first-order chi connectivity index (χ1) is 7.62. The SMILES string of the molecule is CC[C@H](O)[C@H](N)c1cc(OC)cc(OC)c1. The second-order valence-corrected chi connectivity index (χ2v) is 3.65. The lowest BCUT2D eigenvalue weighted by Gasteiger charge is -2.19. The molecule has 16 heavy (non-hydrogen) atoms. The summed E-state index contributed by atoms with van der Waals surface area (Å²) in [5.74, 6) is 1.35. The average Bonchev–Trinajstić information content (AvgIpc) is 2.35. The fourth-order valence-corrected chi connectivity index (χ4v) is 1.50. The van der Waals surface area contributed by atoms with Crippen molar-refractivity contribution < 1.29 is 14.6 Å². The lowest BCUT2D eigenvalue weighted by atomic mass is 10.00. The van der Waals surface area contributed by atoms with Crippen LogP contribution in [0.3, 0.4) is 0 Å². The summed E-state index contributed by atoms with van der Waals surface area (Å²) < 4.78 is 10.3. The van der Waals surface area contributed by atoms with Crippen LogP contribution >= 0.6 is 0 Å². The lowest BCUT2D eigenvalue weighted by Crippen LogP contribution is -2.25. The van der Waals surface area contributed by atoms with E-state index < -0.39 is 12.1 Å². The van der Waals surface area contributed by atoms with Crippen LogP contribution < -0.4 is 15.2 Å². The number of benzene rings is 1. The van der Waals surface area contributed by atoms with Gasteiger partial charge in [0.1, 0.15) is 11.5 Å². The van der Waals surface area contributed by atoms with Crippen molar-refractivity contribution in [3.8, 4) is 11.5 Å². The Labute approximate surface area is 96.0 Å². The standard InChI is InChI=1S/C12H19NO3/c1-4-11(14)12(13)8-5-9(15-2)7-10(6-8)16-3/h5-7,11-12,14H,4,13H2,1-3H3/t11-,12+/m0/s1. The third-order valence-electron chi connectivity index (χ3n) is 2.59. The van der Waals surface area contributed by atoms with E-state index >= 15 is 0 Å². The molecule has 4 nitrogen and oxygen atoms in total. The van der Waals surface area contributed by atoms with E-state index in [2.05, 4.69) is 0 Å². The Morgan fingerprint density at radius 1 is 1.19 bits per heavy atom. The molecule has 2 atom stereocenters. The van der Waals surface area contributed by atoms with Crippen molar-refractivity contribution >= 4 is 0 Å². The molecule has 0 heterocycles.